The van der Waals surface area contributed by atoms with E-state index in [0.717, 1.165) is 19.5 Å². The lowest BCUT2D eigenvalue weighted by Gasteiger charge is -2.39. The van der Waals surface area contributed by atoms with Gasteiger partial charge in [-0.25, -0.2) is 0 Å². The van der Waals surface area contributed by atoms with Crippen LogP contribution in [0.4, 0.5) is 0 Å². The van der Waals surface area contributed by atoms with Gasteiger partial charge in [0.1, 0.15) is 0 Å². The molecule has 4 nitrogen and oxygen atoms in total. The van der Waals surface area contributed by atoms with Crippen molar-refractivity contribution in [2.24, 2.45) is 5.73 Å². The largest absolute Gasteiger partial charge is 0.353 e. The maximum Gasteiger partial charge on any atom is 0.237 e. The van der Waals surface area contributed by atoms with Crippen LogP contribution in [0.2, 0.25) is 0 Å². The van der Waals surface area contributed by atoms with E-state index in [-0.39, 0.29) is 18.0 Å². The van der Waals surface area contributed by atoms with Crippen LogP contribution in [0.25, 0.3) is 0 Å². The Labute approximate surface area is 112 Å². The average molecular weight is 267 g/mol. The van der Waals surface area contributed by atoms with Gasteiger partial charge in [0.25, 0.3) is 0 Å². The third kappa shape index (κ3) is 2.43. The van der Waals surface area contributed by atoms with E-state index in [1.165, 1.54) is 10.4 Å². The number of piperazine rings is 1. The molecule has 1 aliphatic heterocycles. The van der Waals surface area contributed by atoms with Gasteiger partial charge in [-0.3, -0.25) is 9.69 Å². The third-order valence-electron chi connectivity index (χ3n) is 3.59. The molecule has 0 aliphatic carbocycles. The van der Waals surface area contributed by atoms with Crippen LogP contribution in [0, 0.1) is 6.92 Å². The van der Waals surface area contributed by atoms with Crippen molar-refractivity contribution in [3.05, 3.63) is 21.9 Å². The summed E-state index contributed by atoms with van der Waals surface area (Å²) in [7, 11) is 0. The summed E-state index contributed by atoms with van der Waals surface area (Å²) in [6, 6.07) is 2.24. The second-order valence-electron chi connectivity index (χ2n) is 4.67. The fraction of sp³-hybridized carbons (Fsp3) is 0.615. The number of nitrogens with one attached hydrogen (secondary N) is 1. The minimum absolute atomic E-state index is 0.0474. The minimum Gasteiger partial charge on any atom is -0.353 e. The molecule has 1 aliphatic rings. The van der Waals surface area contributed by atoms with Crippen LogP contribution in [-0.2, 0) is 4.79 Å². The molecule has 1 amide bonds. The molecule has 2 unspecified atom stereocenters. The number of amides is 1. The Bertz CT molecular complexity index is 418. The molecule has 18 heavy (non-hydrogen) atoms. The van der Waals surface area contributed by atoms with Crippen LogP contribution in [0.15, 0.2) is 11.4 Å². The lowest BCUT2D eigenvalue weighted by molar-refractivity contribution is -0.130. The molecule has 1 aromatic heterocycles. The monoisotopic (exact) mass is 267 g/mol. The quantitative estimate of drug-likeness (QED) is 0.863. The normalized spacial score (nSPS) is 22.8. The molecule has 0 saturated carbocycles. The highest BCUT2D eigenvalue weighted by atomic mass is 32.1. The first kappa shape index (κ1) is 13.5. The first-order valence-electron chi connectivity index (χ1n) is 6.46. The number of thiophene rings is 1. The van der Waals surface area contributed by atoms with Crippen LogP contribution in [-0.4, -0.2) is 36.5 Å². The molecule has 0 aromatic carbocycles. The molecule has 0 bridgehead atoms. The van der Waals surface area contributed by atoms with Crippen LogP contribution >= 0.6 is 11.3 Å². The van der Waals surface area contributed by atoms with Crippen molar-refractivity contribution in [1.29, 1.82) is 0 Å². The van der Waals surface area contributed by atoms with Crippen molar-refractivity contribution in [1.82, 2.24) is 10.2 Å². The van der Waals surface area contributed by atoms with E-state index in [9.17, 15) is 4.79 Å². The number of rotatable bonds is 4. The van der Waals surface area contributed by atoms with E-state index in [0.29, 0.717) is 6.54 Å². The number of carbonyl (C=O) groups excluding carboxylic acids is 1. The van der Waals surface area contributed by atoms with Crippen molar-refractivity contribution >= 4 is 17.2 Å². The summed E-state index contributed by atoms with van der Waals surface area (Å²) in [5.74, 6) is 0.136. The van der Waals surface area contributed by atoms with Gasteiger partial charge in [-0.15, -0.1) is 11.3 Å². The maximum atomic E-state index is 11.9. The highest BCUT2D eigenvalue weighted by Gasteiger charge is 2.34. The van der Waals surface area contributed by atoms with Crippen LogP contribution in [0.5, 0.6) is 0 Å². The van der Waals surface area contributed by atoms with E-state index in [4.69, 9.17) is 5.73 Å². The molecule has 0 spiro atoms. The number of carbonyl (C=O) groups is 1. The Morgan fingerprint density at radius 2 is 2.44 bits per heavy atom. The summed E-state index contributed by atoms with van der Waals surface area (Å²) in [5, 5.41) is 5.03. The third-order valence-corrected chi connectivity index (χ3v) is 4.71. The van der Waals surface area contributed by atoms with Crippen molar-refractivity contribution in [3.8, 4) is 0 Å². The van der Waals surface area contributed by atoms with Gasteiger partial charge in [0.2, 0.25) is 5.91 Å². The Morgan fingerprint density at radius 1 is 1.67 bits per heavy atom. The number of hydrogen-bond acceptors (Lipinski definition) is 4. The summed E-state index contributed by atoms with van der Waals surface area (Å²) in [6.07, 6.45) is 0.826. The molecule has 1 fully saturated rings. The van der Waals surface area contributed by atoms with Crippen LogP contribution in [0.1, 0.15) is 29.8 Å². The van der Waals surface area contributed by atoms with E-state index >= 15 is 0 Å². The van der Waals surface area contributed by atoms with Crippen molar-refractivity contribution in [3.63, 3.8) is 0 Å². The van der Waals surface area contributed by atoms with Gasteiger partial charge in [-0.1, -0.05) is 6.92 Å². The SMILES string of the molecule is CCC1C(=O)NCCN1C(CN)c1sccc1C. The fourth-order valence-corrected chi connectivity index (χ4v) is 3.71. The molecule has 5 heteroatoms. The van der Waals surface area contributed by atoms with Gasteiger partial charge in [0.05, 0.1) is 12.1 Å². The highest BCUT2D eigenvalue weighted by molar-refractivity contribution is 7.10. The average Bonchev–Trinajstić information content (AvgIpc) is 2.77. The smallest absolute Gasteiger partial charge is 0.237 e. The first-order chi connectivity index (χ1) is 8.69. The number of aryl methyl sites for hydroxylation is 1. The van der Waals surface area contributed by atoms with Gasteiger partial charge in [0.15, 0.2) is 0 Å². The Hall–Kier alpha value is -0.910. The molecule has 2 heterocycles. The summed E-state index contributed by atoms with van der Waals surface area (Å²) in [5.41, 5.74) is 7.23. The number of nitrogens with two attached hydrogens (primary N) is 1. The second-order valence-corrected chi connectivity index (χ2v) is 5.62. The topological polar surface area (TPSA) is 58.4 Å². The molecule has 1 saturated heterocycles. The van der Waals surface area contributed by atoms with Crippen LogP contribution in [0.3, 0.4) is 0 Å². The molecule has 0 radical (unpaired) electrons. The van der Waals surface area contributed by atoms with Gasteiger partial charge < -0.3 is 11.1 Å². The summed E-state index contributed by atoms with van der Waals surface area (Å²) in [6.45, 7) is 6.32. The van der Waals surface area contributed by atoms with E-state index in [2.05, 4.69) is 35.5 Å². The predicted octanol–water partition coefficient (Wildman–Crippen LogP) is 1.27. The van der Waals surface area contributed by atoms with E-state index in [1.807, 2.05) is 0 Å². The molecular formula is C13H21N3OS. The Balaban J connectivity index is 2.26. The fourth-order valence-electron chi connectivity index (χ4n) is 2.64. The first-order valence-corrected chi connectivity index (χ1v) is 7.34. The zero-order valence-electron chi connectivity index (χ0n) is 11.0. The van der Waals surface area contributed by atoms with Crippen molar-refractivity contribution < 1.29 is 4.79 Å². The summed E-state index contributed by atoms with van der Waals surface area (Å²) < 4.78 is 0. The second kappa shape index (κ2) is 5.82. The Morgan fingerprint density at radius 3 is 3.00 bits per heavy atom. The van der Waals surface area contributed by atoms with Crippen molar-refractivity contribution in [2.75, 3.05) is 19.6 Å². The zero-order valence-corrected chi connectivity index (χ0v) is 11.8. The standard InChI is InChI=1S/C13H21N3OS/c1-3-10-13(17)15-5-6-16(10)11(8-14)12-9(2)4-7-18-12/h4,7,10-11H,3,5-6,8,14H2,1-2H3,(H,15,17). The van der Waals surface area contributed by atoms with Gasteiger partial charge in [-0.05, 0) is 30.4 Å². The van der Waals surface area contributed by atoms with E-state index < -0.39 is 0 Å². The van der Waals surface area contributed by atoms with Gasteiger partial charge in [0, 0.05) is 24.5 Å². The predicted molar refractivity (Wildman–Crippen MR) is 74.6 cm³/mol. The number of nitrogens with zero attached hydrogens (tertiary/aromatic N) is 1. The molecular weight excluding hydrogens is 246 g/mol. The molecule has 3 N–H and O–H groups in total. The molecule has 1 aromatic rings. The lowest BCUT2D eigenvalue weighted by atomic mass is 10.0. The van der Waals surface area contributed by atoms with Gasteiger partial charge >= 0.3 is 0 Å². The zero-order chi connectivity index (χ0) is 13.1. The van der Waals surface area contributed by atoms with Gasteiger partial charge in [-0.2, -0.15) is 0 Å². The molecule has 2 atom stereocenters. The van der Waals surface area contributed by atoms with Crippen LogP contribution < -0.4 is 11.1 Å². The summed E-state index contributed by atoms with van der Waals surface area (Å²) >= 11 is 1.74. The molecule has 2 rings (SSSR count). The highest BCUT2D eigenvalue weighted by Crippen LogP contribution is 2.30. The molecule has 100 valence electrons. The summed E-state index contributed by atoms with van der Waals surface area (Å²) in [4.78, 5) is 15.5. The maximum absolute atomic E-state index is 11.9. The minimum atomic E-state index is -0.0474. The van der Waals surface area contributed by atoms with E-state index in [1.54, 1.807) is 11.3 Å². The lowest BCUT2D eigenvalue weighted by Crippen LogP contribution is -2.56. The Kier molecular flexibility index (Phi) is 4.37. The number of hydrogen-bond donors (Lipinski definition) is 2. The van der Waals surface area contributed by atoms with Crippen molar-refractivity contribution in [2.45, 2.75) is 32.4 Å².